The van der Waals surface area contributed by atoms with Crippen LogP contribution in [0.1, 0.15) is 31.4 Å². The number of halogens is 1. The lowest BCUT2D eigenvalue weighted by molar-refractivity contribution is -0.138. The van der Waals surface area contributed by atoms with Crippen LogP contribution in [0.25, 0.3) is 0 Å². The van der Waals surface area contributed by atoms with E-state index in [-0.39, 0.29) is 30.3 Å². The van der Waals surface area contributed by atoms with Gasteiger partial charge in [-0.3, -0.25) is 4.79 Å². The average molecular weight is 327 g/mol. The maximum absolute atomic E-state index is 12.7. The smallest absolute Gasteiger partial charge is 0.227 e. The predicted molar refractivity (Wildman–Crippen MR) is 91.0 cm³/mol. The molecule has 5 heteroatoms. The minimum absolute atomic E-state index is 0. The average Bonchev–Trinajstić information content (AvgIpc) is 2.54. The van der Waals surface area contributed by atoms with Gasteiger partial charge in [-0.25, -0.2) is 0 Å². The molecule has 0 aromatic heterocycles. The number of carbonyl (C=O) groups excluding carboxylic acids is 1. The summed E-state index contributed by atoms with van der Waals surface area (Å²) < 4.78 is 5.22. The van der Waals surface area contributed by atoms with Crippen molar-refractivity contribution < 1.29 is 9.53 Å². The molecule has 1 aromatic carbocycles. The van der Waals surface area contributed by atoms with Gasteiger partial charge in [0.25, 0.3) is 0 Å². The Labute approximate surface area is 139 Å². The van der Waals surface area contributed by atoms with Crippen molar-refractivity contribution >= 4 is 18.3 Å². The zero-order chi connectivity index (χ0) is 15.2. The van der Waals surface area contributed by atoms with E-state index in [0.29, 0.717) is 5.92 Å². The summed E-state index contributed by atoms with van der Waals surface area (Å²) in [6, 6.07) is 9.60. The molecule has 0 spiro atoms. The van der Waals surface area contributed by atoms with Gasteiger partial charge in [-0.2, -0.15) is 0 Å². The van der Waals surface area contributed by atoms with Gasteiger partial charge in [0.1, 0.15) is 0 Å². The molecular weight excluding hydrogens is 300 g/mol. The van der Waals surface area contributed by atoms with E-state index in [1.807, 2.05) is 42.2 Å². The third kappa shape index (κ3) is 4.70. The normalized spacial score (nSPS) is 20.9. The molecule has 2 rings (SSSR count). The Bertz CT molecular complexity index is 453. The van der Waals surface area contributed by atoms with E-state index in [4.69, 9.17) is 10.5 Å². The van der Waals surface area contributed by atoms with Crippen molar-refractivity contribution in [2.45, 2.75) is 25.8 Å². The molecule has 4 nitrogen and oxygen atoms in total. The van der Waals surface area contributed by atoms with E-state index >= 15 is 0 Å². The van der Waals surface area contributed by atoms with E-state index in [0.717, 1.165) is 38.1 Å². The molecule has 3 atom stereocenters. The van der Waals surface area contributed by atoms with Crippen LogP contribution < -0.4 is 5.73 Å². The molecule has 0 aliphatic carbocycles. The molecule has 0 radical (unpaired) electrons. The predicted octanol–water partition coefficient (Wildman–Crippen LogP) is 2.63. The Hall–Kier alpha value is -1.10. The van der Waals surface area contributed by atoms with Crippen LogP contribution in [0.4, 0.5) is 0 Å². The highest BCUT2D eigenvalue weighted by molar-refractivity contribution is 5.85. The van der Waals surface area contributed by atoms with Gasteiger partial charge in [0.05, 0.1) is 12.5 Å². The van der Waals surface area contributed by atoms with Gasteiger partial charge in [-0.05, 0) is 24.3 Å². The molecule has 1 aromatic rings. The number of amides is 1. The molecule has 0 bridgehead atoms. The molecule has 2 N–H and O–H groups in total. The first-order valence-electron chi connectivity index (χ1n) is 7.71. The van der Waals surface area contributed by atoms with Gasteiger partial charge >= 0.3 is 0 Å². The molecule has 1 fully saturated rings. The van der Waals surface area contributed by atoms with Gasteiger partial charge in [0, 0.05) is 26.2 Å². The maximum atomic E-state index is 12.7. The number of piperidine rings is 1. The van der Waals surface area contributed by atoms with Gasteiger partial charge in [-0.15, -0.1) is 12.4 Å². The number of benzene rings is 1. The number of likely N-dealkylation sites (tertiary alicyclic amines) is 1. The first-order valence-corrected chi connectivity index (χ1v) is 7.71. The molecular formula is C17H27ClN2O2. The lowest BCUT2D eigenvalue weighted by atomic mass is 9.92. The molecule has 1 amide bonds. The standard InChI is InChI=1S/C17H26N2O2.ClH/c1-13(16(18)15-8-4-3-5-9-15)17(20)19-10-6-7-14(11-19)12-21-2;/h3-5,8-9,13-14,16H,6-7,10-12,18H2,1-2H3;1H. The van der Waals surface area contributed by atoms with Crippen LogP contribution in [0.3, 0.4) is 0 Å². The summed E-state index contributed by atoms with van der Waals surface area (Å²) >= 11 is 0. The van der Waals surface area contributed by atoms with Crippen LogP contribution in [0.15, 0.2) is 30.3 Å². The number of hydrogen-bond acceptors (Lipinski definition) is 3. The Kier molecular flexibility index (Phi) is 7.87. The Morgan fingerprint density at radius 3 is 2.73 bits per heavy atom. The molecule has 1 saturated heterocycles. The second-order valence-corrected chi connectivity index (χ2v) is 5.97. The Morgan fingerprint density at radius 1 is 1.41 bits per heavy atom. The summed E-state index contributed by atoms with van der Waals surface area (Å²) in [7, 11) is 1.72. The van der Waals surface area contributed by atoms with Crippen molar-refractivity contribution in [3.63, 3.8) is 0 Å². The number of carbonyl (C=O) groups is 1. The SMILES string of the molecule is COCC1CCCN(C(=O)C(C)C(N)c2ccccc2)C1.Cl. The van der Waals surface area contributed by atoms with Crippen LogP contribution in [0.2, 0.25) is 0 Å². The highest BCUT2D eigenvalue weighted by atomic mass is 35.5. The molecule has 1 heterocycles. The zero-order valence-corrected chi connectivity index (χ0v) is 14.2. The number of hydrogen-bond donors (Lipinski definition) is 1. The van der Waals surface area contributed by atoms with Crippen LogP contribution in [-0.4, -0.2) is 37.6 Å². The van der Waals surface area contributed by atoms with Gasteiger partial charge in [0.15, 0.2) is 0 Å². The lowest BCUT2D eigenvalue weighted by Crippen LogP contribution is -2.45. The monoisotopic (exact) mass is 326 g/mol. The van der Waals surface area contributed by atoms with Crippen molar-refractivity contribution in [2.75, 3.05) is 26.8 Å². The molecule has 22 heavy (non-hydrogen) atoms. The summed E-state index contributed by atoms with van der Waals surface area (Å²) in [6.07, 6.45) is 2.18. The van der Waals surface area contributed by atoms with Gasteiger partial charge in [-0.1, -0.05) is 37.3 Å². The van der Waals surface area contributed by atoms with Crippen molar-refractivity contribution in [3.05, 3.63) is 35.9 Å². The van der Waals surface area contributed by atoms with E-state index in [9.17, 15) is 4.79 Å². The lowest BCUT2D eigenvalue weighted by Gasteiger charge is -2.35. The summed E-state index contributed by atoms with van der Waals surface area (Å²) in [4.78, 5) is 14.6. The summed E-state index contributed by atoms with van der Waals surface area (Å²) in [6.45, 7) is 4.28. The van der Waals surface area contributed by atoms with Crippen molar-refractivity contribution in [2.24, 2.45) is 17.6 Å². The number of nitrogens with two attached hydrogens (primary N) is 1. The summed E-state index contributed by atoms with van der Waals surface area (Å²) in [5.74, 6) is 0.411. The second-order valence-electron chi connectivity index (χ2n) is 5.97. The highest BCUT2D eigenvalue weighted by Crippen LogP contribution is 2.24. The first-order chi connectivity index (χ1) is 10.1. The molecule has 3 unspecified atom stereocenters. The van der Waals surface area contributed by atoms with Gasteiger partial charge in [0.2, 0.25) is 5.91 Å². The number of nitrogens with zero attached hydrogens (tertiary/aromatic N) is 1. The second kappa shape index (κ2) is 9.13. The minimum atomic E-state index is -0.249. The highest BCUT2D eigenvalue weighted by Gasteiger charge is 2.30. The Morgan fingerprint density at radius 2 is 2.09 bits per heavy atom. The Balaban J connectivity index is 0.00000242. The fourth-order valence-corrected chi connectivity index (χ4v) is 3.04. The van der Waals surface area contributed by atoms with Crippen LogP contribution >= 0.6 is 12.4 Å². The first kappa shape index (κ1) is 18.9. The number of ether oxygens (including phenoxy) is 1. The molecule has 124 valence electrons. The van der Waals surface area contributed by atoms with Crippen molar-refractivity contribution in [1.29, 1.82) is 0 Å². The minimum Gasteiger partial charge on any atom is -0.384 e. The molecule has 1 aliphatic heterocycles. The van der Waals surface area contributed by atoms with E-state index in [1.165, 1.54) is 0 Å². The van der Waals surface area contributed by atoms with Gasteiger partial charge < -0.3 is 15.4 Å². The fourth-order valence-electron chi connectivity index (χ4n) is 3.04. The number of methoxy groups -OCH3 is 1. The van der Waals surface area contributed by atoms with Crippen LogP contribution in [-0.2, 0) is 9.53 Å². The number of rotatable bonds is 5. The third-order valence-corrected chi connectivity index (χ3v) is 4.35. The maximum Gasteiger partial charge on any atom is 0.227 e. The summed E-state index contributed by atoms with van der Waals surface area (Å²) in [5, 5.41) is 0. The zero-order valence-electron chi connectivity index (χ0n) is 13.4. The van der Waals surface area contributed by atoms with E-state index < -0.39 is 0 Å². The van der Waals surface area contributed by atoms with Crippen molar-refractivity contribution in [3.8, 4) is 0 Å². The van der Waals surface area contributed by atoms with Crippen LogP contribution in [0, 0.1) is 11.8 Å². The molecule has 1 aliphatic rings. The fraction of sp³-hybridized carbons (Fsp3) is 0.588. The summed E-state index contributed by atoms with van der Waals surface area (Å²) in [5.41, 5.74) is 7.28. The topological polar surface area (TPSA) is 55.6 Å². The van der Waals surface area contributed by atoms with E-state index in [2.05, 4.69) is 0 Å². The largest absolute Gasteiger partial charge is 0.384 e. The van der Waals surface area contributed by atoms with E-state index in [1.54, 1.807) is 7.11 Å². The van der Waals surface area contributed by atoms with Crippen molar-refractivity contribution in [1.82, 2.24) is 4.90 Å². The third-order valence-electron chi connectivity index (χ3n) is 4.35. The van der Waals surface area contributed by atoms with Crippen LogP contribution in [0.5, 0.6) is 0 Å². The quantitative estimate of drug-likeness (QED) is 0.905. The molecule has 0 saturated carbocycles.